The van der Waals surface area contributed by atoms with Crippen molar-refractivity contribution in [2.75, 3.05) is 40.8 Å². The Kier molecular flexibility index (Phi) is 7.81. The molecule has 0 spiro atoms. The molecule has 0 aliphatic heterocycles. The number of hydrogen-bond donors (Lipinski definition) is 2. The number of guanidine groups is 1. The van der Waals surface area contributed by atoms with E-state index in [4.69, 9.17) is 4.74 Å². The van der Waals surface area contributed by atoms with Gasteiger partial charge < -0.3 is 20.3 Å². The van der Waals surface area contributed by atoms with Gasteiger partial charge in [-0.1, -0.05) is 18.2 Å². The zero-order chi connectivity index (χ0) is 16.4. The number of para-hydroxylation sites is 1. The van der Waals surface area contributed by atoms with E-state index in [1.165, 1.54) is 4.90 Å². The largest absolute Gasteiger partial charge is 0.496 e. The first kappa shape index (κ1) is 17.8. The third kappa shape index (κ3) is 6.03. The van der Waals surface area contributed by atoms with Gasteiger partial charge in [0, 0.05) is 27.2 Å². The summed E-state index contributed by atoms with van der Waals surface area (Å²) in [6, 6.07) is 7.94. The van der Waals surface area contributed by atoms with Crippen LogP contribution in [0.3, 0.4) is 0 Å². The molecule has 0 bridgehead atoms. The van der Waals surface area contributed by atoms with E-state index in [9.17, 15) is 4.79 Å². The molecule has 0 saturated carbocycles. The maximum atomic E-state index is 11.6. The van der Waals surface area contributed by atoms with E-state index in [0.717, 1.165) is 24.3 Å². The fourth-order valence-electron chi connectivity index (χ4n) is 1.85. The number of benzene rings is 1. The number of ether oxygens (including phenoxy) is 1. The van der Waals surface area contributed by atoms with E-state index in [2.05, 4.69) is 15.6 Å². The molecule has 0 aliphatic rings. The van der Waals surface area contributed by atoms with Crippen molar-refractivity contribution < 1.29 is 9.53 Å². The van der Waals surface area contributed by atoms with Crippen LogP contribution in [0.15, 0.2) is 29.3 Å². The van der Waals surface area contributed by atoms with E-state index < -0.39 is 0 Å². The fraction of sp³-hybridized carbons (Fsp3) is 0.500. The molecule has 0 heterocycles. The van der Waals surface area contributed by atoms with Gasteiger partial charge in [-0.05, 0) is 25.0 Å². The summed E-state index contributed by atoms with van der Waals surface area (Å²) in [6.07, 6.45) is 0.816. The topological polar surface area (TPSA) is 66.0 Å². The second-order valence-corrected chi connectivity index (χ2v) is 4.97. The quantitative estimate of drug-likeness (QED) is 0.580. The van der Waals surface area contributed by atoms with Crippen LogP contribution in [0, 0.1) is 0 Å². The third-order valence-corrected chi connectivity index (χ3v) is 3.09. The lowest BCUT2D eigenvalue weighted by Gasteiger charge is -2.13. The van der Waals surface area contributed by atoms with Crippen LogP contribution in [0.1, 0.15) is 12.5 Å². The Hall–Kier alpha value is -2.24. The van der Waals surface area contributed by atoms with Crippen LogP contribution in [-0.2, 0) is 11.2 Å². The fourth-order valence-corrected chi connectivity index (χ4v) is 1.85. The molecular weight excluding hydrogens is 280 g/mol. The number of rotatable bonds is 7. The minimum atomic E-state index is -0.0260. The van der Waals surface area contributed by atoms with Gasteiger partial charge in [0.2, 0.25) is 5.91 Å². The number of likely N-dealkylation sites (N-methyl/N-ethyl adjacent to an activating group) is 1. The van der Waals surface area contributed by atoms with Crippen LogP contribution in [0.25, 0.3) is 0 Å². The first-order valence-electron chi connectivity index (χ1n) is 7.42. The van der Waals surface area contributed by atoms with Gasteiger partial charge in [0.1, 0.15) is 12.3 Å². The van der Waals surface area contributed by atoms with Crippen LogP contribution >= 0.6 is 0 Å². The lowest BCUT2D eigenvalue weighted by molar-refractivity contribution is -0.127. The predicted octanol–water partition coefficient (Wildman–Crippen LogP) is 0.881. The van der Waals surface area contributed by atoms with Crippen molar-refractivity contribution >= 4 is 11.9 Å². The van der Waals surface area contributed by atoms with Crippen molar-refractivity contribution in [1.82, 2.24) is 15.5 Å². The van der Waals surface area contributed by atoms with Crippen molar-refractivity contribution in [3.8, 4) is 5.75 Å². The smallest absolute Gasteiger partial charge is 0.243 e. The zero-order valence-corrected chi connectivity index (χ0v) is 13.8. The molecule has 0 aromatic heterocycles. The highest BCUT2D eigenvalue weighted by Crippen LogP contribution is 2.17. The van der Waals surface area contributed by atoms with E-state index in [0.29, 0.717) is 12.5 Å². The zero-order valence-electron chi connectivity index (χ0n) is 13.8. The SMILES string of the molecule is CCNC(=NCC(=O)N(C)C)NCCc1ccccc1OC. The molecule has 0 aliphatic carbocycles. The van der Waals surface area contributed by atoms with Gasteiger partial charge in [-0.3, -0.25) is 4.79 Å². The summed E-state index contributed by atoms with van der Waals surface area (Å²) in [7, 11) is 5.12. The molecule has 1 aromatic carbocycles. The second kappa shape index (κ2) is 9.65. The molecule has 1 aromatic rings. The molecule has 6 nitrogen and oxygen atoms in total. The highest BCUT2D eigenvalue weighted by Gasteiger charge is 2.05. The number of aliphatic imine (C=N–C) groups is 1. The maximum absolute atomic E-state index is 11.6. The Bertz CT molecular complexity index is 501. The van der Waals surface area contributed by atoms with E-state index in [1.54, 1.807) is 21.2 Å². The number of hydrogen-bond acceptors (Lipinski definition) is 3. The third-order valence-electron chi connectivity index (χ3n) is 3.09. The van der Waals surface area contributed by atoms with Crippen LogP contribution < -0.4 is 15.4 Å². The van der Waals surface area contributed by atoms with E-state index >= 15 is 0 Å². The van der Waals surface area contributed by atoms with Crippen LogP contribution in [-0.4, -0.2) is 57.6 Å². The van der Waals surface area contributed by atoms with Crippen LogP contribution in [0.5, 0.6) is 5.75 Å². The summed E-state index contributed by atoms with van der Waals surface area (Å²) in [4.78, 5) is 17.4. The molecule has 2 N–H and O–H groups in total. The van der Waals surface area contributed by atoms with E-state index in [1.807, 2.05) is 31.2 Å². The van der Waals surface area contributed by atoms with Crippen molar-refractivity contribution in [2.45, 2.75) is 13.3 Å². The molecule has 0 atom stereocenters. The Morgan fingerprint density at radius 1 is 1.27 bits per heavy atom. The number of nitrogens with zero attached hydrogens (tertiary/aromatic N) is 2. The van der Waals surface area contributed by atoms with Gasteiger partial charge in [0.25, 0.3) is 0 Å². The van der Waals surface area contributed by atoms with Crippen molar-refractivity contribution in [2.24, 2.45) is 4.99 Å². The number of carbonyl (C=O) groups excluding carboxylic acids is 1. The predicted molar refractivity (Wildman–Crippen MR) is 89.4 cm³/mol. The summed E-state index contributed by atoms with van der Waals surface area (Å²) in [6.45, 7) is 3.58. The van der Waals surface area contributed by atoms with Gasteiger partial charge in [0.05, 0.1) is 7.11 Å². The van der Waals surface area contributed by atoms with Crippen molar-refractivity contribution in [1.29, 1.82) is 0 Å². The molecule has 6 heteroatoms. The molecule has 0 unspecified atom stereocenters. The van der Waals surface area contributed by atoms with Crippen LogP contribution in [0.2, 0.25) is 0 Å². The molecule has 1 rings (SSSR count). The lowest BCUT2D eigenvalue weighted by atomic mass is 10.1. The average Bonchev–Trinajstić information content (AvgIpc) is 2.52. The molecule has 0 radical (unpaired) electrons. The number of nitrogens with one attached hydrogen (secondary N) is 2. The molecule has 122 valence electrons. The summed E-state index contributed by atoms with van der Waals surface area (Å²) in [5.74, 6) is 1.50. The number of methoxy groups -OCH3 is 1. The normalized spacial score (nSPS) is 11.0. The minimum Gasteiger partial charge on any atom is -0.496 e. The summed E-state index contributed by atoms with van der Waals surface area (Å²) < 4.78 is 5.33. The first-order valence-corrected chi connectivity index (χ1v) is 7.42. The monoisotopic (exact) mass is 306 g/mol. The Morgan fingerprint density at radius 2 is 2.00 bits per heavy atom. The highest BCUT2D eigenvalue weighted by molar-refractivity contribution is 5.84. The van der Waals surface area contributed by atoms with Gasteiger partial charge in [-0.15, -0.1) is 0 Å². The van der Waals surface area contributed by atoms with Gasteiger partial charge in [-0.25, -0.2) is 4.99 Å². The number of amides is 1. The van der Waals surface area contributed by atoms with Gasteiger partial charge >= 0.3 is 0 Å². The summed E-state index contributed by atoms with van der Waals surface area (Å²) in [5, 5.41) is 6.36. The second-order valence-electron chi connectivity index (χ2n) is 4.97. The average molecular weight is 306 g/mol. The first-order chi connectivity index (χ1) is 10.6. The number of carbonyl (C=O) groups is 1. The standard InChI is InChI=1S/C16H26N4O2/c1-5-17-16(19-12-15(21)20(2)3)18-11-10-13-8-6-7-9-14(13)22-4/h6-9H,5,10-12H2,1-4H3,(H2,17,18,19). The molecule has 0 saturated heterocycles. The molecule has 0 fully saturated rings. The Balaban J connectivity index is 2.54. The van der Waals surface area contributed by atoms with Gasteiger partial charge in [0.15, 0.2) is 5.96 Å². The van der Waals surface area contributed by atoms with E-state index in [-0.39, 0.29) is 12.5 Å². The highest BCUT2D eigenvalue weighted by atomic mass is 16.5. The lowest BCUT2D eigenvalue weighted by Crippen LogP contribution is -2.39. The molecule has 1 amide bonds. The van der Waals surface area contributed by atoms with Gasteiger partial charge in [-0.2, -0.15) is 0 Å². The van der Waals surface area contributed by atoms with Crippen molar-refractivity contribution in [3.63, 3.8) is 0 Å². The summed E-state index contributed by atoms with van der Waals surface area (Å²) >= 11 is 0. The van der Waals surface area contributed by atoms with Crippen LogP contribution in [0.4, 0.5) is 0 Å². The maximum Gasteiger partial charge on any atom is 0.243 e. The molecular formula is C16H26N4O2. The van der Waals surface area contributed by atoms with Crippen molar-refractivity contribution in [3.05, 3.63) is 29.8 Å². The Labute approximate surface area is 132 Å². The Morgan fingerprint density at radius 3 is 2.64 bits per heavy atom. The minimum absolute atomic E-state index is 0.0260. The summed E-state index contributed by atoms with van der Waals surface area (Å²) in [5.41, 5.74) is 1.14. The molecule has 22 heavy (non-hydrogen) atoms.